The number of hydrogen-bond acceptors (Lipinski definition) is 5. The third kappa shape index (κ3) is 3.86. The van der Waals surface area contributed by atoms with Crippen LogP contribution in [-0.4, -0.2) is 54.2 Å². The van der Waals surface area contributed by atoms with Crippen LogP contribution in [-0.2, 0) is 6.54 Å². The first-order valence-electron chi connectivity index (χ1n) is 9.65. The van der Waals surface area contributed by atoms with Crippen molar-refractivity contribution in [3.8, 4) is 5.75 Å². The van der Waals surface area contributed by atoms with Gasteiger partial charge < -0.3 is 14.2 Å². The fourth-order valence-electron chi connectivity index (χ4n) is 4.36. The predicted octanol–water partition coefficient (Wildman–Crippen LogP) is 3.12. The van der Waals surface area contributed by atoms with Gasteiger partial charge in [0.05, 0.1) is 7.11 Å². The van der Waals surface area contributed by atoms with Crippen molar-refractivity contribution in [2.75, 3.05) is 33.3 Å². The molecule has 4 rings (SSSR count). The van der Waals surface area contributed by atoms with Crippen molar-refractivity contribution in [1.82, 2.24) is 15.0 Å². The van der Waals surface area contributed by atoms with E-state index in [1.165, 1.54) is 5.56 Å². The largest absolute Gasteiger partial charge is 0.497 e. The summed E-state index contributed by atoms with van der Waals surface area (Å²) in [5, 5.41) is 3.88. The molecular weight excluding hydrogens is 342 g/mol. The molecule has 0 radical (unpaired) electrons. The zero-order valence-corrected chi connectivity index (χ0v) is 16.1. The monoisotopic (exact) mass is 369 g/mol. The van der Waals surface area contributed by atoms with E-state index < -0.39 is 0 Å². The van der Waals surface area contributed by atoms with Gasteiger partial charge in [0.15, 0.2) is 5.69 Å². The highest BCUT2D eigenvalue weighted by atomic mass is 16.5. The van der Waals surface area contributed by atoms with E-state index in [0.29, 0.717) is 11.5 Å². The van der Waals surface area contributed by atoms with E-state index in [9.17, 15) is 4.79 Å². The highest BCUT2D eigenvalue weighted by molar-refractivity contribution is 5.92. The summed E-state index contributed by atoms with van der Waals surface area (Å²) >= 11 is 0. The Kier molecular flexibility index (Phi) is 4.91. The van der Waals surface area contributed by atoms with E-state index in [1.54, 1.807) is 13.2 Å². The van der Waals surface area contributed by atoms with Crippen LogP contribution in [0.2, 0.25) is 0 Å². The Morgan fingerprint density at radius 3 is 2.70 bits per heavy atom. The van der Waals surface area contributed by atoms with Crippen LogP contribution in [0, 0.1) is 12.3 Å². The molecule has 2 aromatic rings. The Morgan fingerprint density at radius 2 is 2.00 bits per heavy atom. The summed E-state index contributed by atoms with van der Waals surface area (Å²) in [5.41, 5.74) is 1.98. The van der Waals surface area contributed by atoms with Crippen LogP contribution in [0.15, 0.2) is 34.9 Å². The lowest BCUT2D eigenvalue weighted by molar-refractivity contribution is 0.0704. The van der Waals surface area contributed by atoms with Crippen LogP contribution >= 0.6 is 0 Å². The van der Waals surface area contributed by atoms with Crippen molar-refractivity contribution >= 4 is 5.91 Å². The Hall–Kier alpha value is -2.34. The fourth-order valence-corrected chi connectivity index (χ4v) is 4.36. The zero-order valence-electron chi connectivity index (χ0n) is 16.1. The molecule has 1 aromatic carbocycles. The number of nitrogens with zero attached hydrogens (tertiary/aromatic N) is 3. The minimum Gasteiger partial charge on any atom is -0.497 e. The van der Waals surface area contributed by atoms with Crippen LogP contribution in [0.25, 0.3) is 0 Å². The maximum Gasteiger partial charge on any atom is 0.276 e. The maximum atomic E-state index is 12.6. The number of ether oxygens (including phenoxy) is 1. The van der Waals surface area contributed by atoms with E-state index in [0.717, 1.165) is 57.7 Å². The molecule has 0 N–H and O–H groups in total. The quantitative estimate of drug-likeness (QED) is 0.829. The van der Waals surface area contributed by atoms with Gasteiger partial charge in [0.25, 0.3) is 5.91 Å². The molecule has 0 bridgehead atoms. The molecule has 0 atom stereocenters. The molecule has 6 heteroatoms. The summed E-state index contributed by atoms with van der Waals surface area (Å²) < 4.78 is 10.4. The average Bonchev–Trinajstić information content (AvgIpc) is 3.30. The molecule has 144 valence electrons. The third-order valence-electron chi connectivity index (χ3n) is 6.03. The molecule has 0 unspecified atom stereocenters. The topological polar surface area (TPSA) is 58.8 Å². The van der Waals surface area contributed by atoms with Gasteiger partial charge in [0.2, 0.25) is 0 Å². The molecule has 2 aliphatic heterocycles. The molecule has 2 fully saturated rings. The summed E-state index contributed by atoms with van der Waals surface area (Å²) in [6, 6.07) is 10.0. The number of piperidine rings is 1. The summed E-state index contributed by atoms with van der Waals surface area (Å²) in [7, 11) is 1.71. The van der Waals surface area contributed by atoms with Gasteiger partial charge >= 0.3 is 0 Å². The van der Waals surface area contributed by atoms with Gasteiger partial charge in [-0.25, -0.2) is 0 Å². The molecule has 1 aromatic heterocycles. The van der Waals surface area contributed by atoms with E-state index in [1.807, 2.05) is 24.0 Å². The fraction of sp³-hybridized carbons (Fsp3) is 0.524. The molecule has 1 amide bonds. The lowest BCUT2D eigenvalue weighted by Gasteiger charge is -2.39. The number of aryl methyl sites for hydroxylation is 1. The highest BCUT2D eigenvalue weighted by Gasteiger charge is 2.42. The first-order chi connectivity index (χ1) is 13.1. The van der Waals surface area contributed by atoms with Crippen molar-refractivity contribution < 1.29 is 14.1 Å². The molecule has 0 saturated carbocycles. The van der Waals surface area contributed by atoms with Gasteiger partial charge in [-0.2, -0.15) is 0 Å². The van der Waals surface area contributed by atoms with Crippen molar-refractivity contribution in [2.45, 2.75) is 32.7 Å². The average molecular weight is 369 g/mol. The van der Waals surface area contributed by atoms with Crippen molar-refractivity contribution in [3.63, 3.8) is 0 Å². The predicted molar refractivity (Wildman–Crippen MR) is 102 cm³/mol. The van der Waals surface area contributed by atoms with Gasteiger partial charge in [-0.15, -0.1) is 0 Å². The van der Waals surface area contributed by atoms with Gasteiger partial charge in [0.1, 0.15) is 11.5 Å². The minimum absolute atomic E-state index is 0.00235. The third-order valence-corrected chi connectivity index (χ3v) is 6.03. The van der Waals surface area contributed by atoms with E-state index in [2.05, 4.69) is 22.2 Å². The number of benzene rings is 1. The highest BCUT2D eigenvalue weighted by Crippen LogP contribution is 2.41. The lowest BCUT2D eigenvalue weighted by Crippen LogP contribution is -2.42. The first kappa shape index (κ1) is 18.0. The molecule has 6 nitrogen and oxygen atoms in total. The SMILES string of the molecule is COc1cccc(CN2CCC3(CC2)CCN(C(=O)c2cc(C)on2)C3)c1. The number of methoxy groups -OCH3 is 1. The second kappa shape index (κ2) is 7.35. The smallest absolute Gasteiger partial charge is 0.276 e. The number of amides is 1. The van der Waals surface area contributed by atoms with E-state index >= 15 is 0 Å². The molecule has 27 heavy (non-hydrogen) atoms. The number of aromatic nitrogens is 1. The molecular formula is C21H27N3O3. The Morgan fingerprint density at radius 1 is 1.22 bits per heavy atom. The standard InChI is InChI=1S/C21H27N3O3/c1-16-12-19(22-27-16)20(25)24-11-8-21(15-24)6-9-23(10-7-21)14-17-4-3-5-18(13-17)26-2/h3-5,12-13H,6-11,14-15H2,1-2H3. The van der Waals surface area contributed by atoms with Crippen LogP contribution in [0.4, 0.5) is 0 Å². The zero-order chi connectivity index (χ0) is 18.9. The number of rotatable bonds is 4. The van der Waals surface area contributed by atoms with Crippen molar-refractivity contribution in [1.29, 1.82) is 0 Å². The van der Waals surface area contributed by atoms with Gasteiger partial charge in [-0.3, -0.25) is 9.69 Å². The van der Waals surface area contributed by atoms with E-state index in [4.69, 9.17) is 9.26 Å². The van der Waals surface area contributed by atoms with Gasteiger partial charge in [-0.05, 0) is 62.4 Å². The molecule has 2 saturated heterocycles. The molecule has 1 spiro atoms. The molecule has 0 aliphatic carbocycles. The minimum atomic E-state index is 0.00235. The second-order valence-electron chi connectivity index (χ2n) is 7.93. The van der Waals surface area contributed by atoms with Gasteiger partial charge in [0, 0.05) is 25.7 Å². The Balaban J connectivity index is 1.33. The van der Waals surface area contributed by atoms with Crippen LogP contribution in [0.3, 0.4) is 0 Å². The summed E-state index contributed by atoms with van der Waals surface area (Å²) in [5.74, 6) is 1.59. The summed E-state index contributed by atoms with van der Waals surface area (Å²) in [4.78, 5) is 17.1. The van der Waals surface area contributed by atoms with Crippen LogP contribution in [0.5, 0.6) is 5.75 Å². The number of hydrogen-bond donors (Lipinski definition) is 0. The maximum absolute atomic E-state index is 12.6. The first-order valence-corrected chi connectivity index (χ1v) is 9.65. The molecule has 2 aliphatic rings. The summed E-state index contributed by atoms with van der Waals surface area (Å²) in [6.45, 7) is 6.57. The van der Waals surface area contributed by atoms with Crippen LogP contribution in [0.1, 0.15) is 41.1 Å². The Bertz CT molecular complexity index is 809. The summed E-state index contributed by atoms with van der Waals surface area (Å²) in [6.07, 6.45) is 3.36. The number of carbonyl (C=O) groups excluding carboxylic acids is 1. The second-order valence-corrected chi connectivity index (χ2v) is 7.93. The van der Waals surface area contributed by atoms with E-state index in [-0.39, 0.29) is 11.3 Å². The van der Waals surface area contributed by atoms with Crippen molar-refractivity contribution in [3.05, 3.63) is 47.3 Å². The van der Waals surface area contributed by atoms with Crippen LogP contribution < -0.4 is 4.74 Å². The van der Waals surface area contributed by atoms with Gasteiger partial charge in [-0.1, -0.05) is 17.3 Å². The Labute approximate surface area is 160 Å². The van der Waals surface area contributed by atoms with Crippen molar-refractivity contribution in [2.24, 2.45) is 5.41 Å². The number of carbonyl (C=O) groups is 1. The molecule has 3 heterocycles. The number of likely N-dealkylation sites (tertiary alicyclic amines) is 2. The lowest BCUT2D eigenvalue weighted by atomic mass is 9.77. The normalized spacial score (nSPS) is 19.6.